The lowest BCUT2D eigenvalue weighted by molar-refractivity contribution is -0.143. The van der Waals surface area contributed by atoms with Crippen molar-refractivity contribution in [3.63, 3.8) is 0 Å². The molecule has 0 spiro atoms. The van der Waals surface area contributed by atoms with Crippen molar-refractivity contribution in [2.75, 3.05) is 13.7 Å². The number of methoxy groups -OCH3 is 1. The molecule has 3 saturated carbocycles. The van der Waals surface area contributed by atoms with Gasteiger partial charge in [0, 0.05) is 23.9 Å². The first-order chi connectivity index (χ1) is 24.5. The Morgan fingerprint density at radius 3 is 2.44 bits per heavy atom. The van der Waals surface area contributed by atoms with Crippen molar-refractivity contribution >= 4 is 44.6 Å². The van der Waals surface area contributed by atoms with Crippen LogP contribution >= 0.6 is 0 Å². The van der Waals surface area contributed by atoms with Crippen LogP contribution in [0.1, 0.15) is 79.1 Å². The second-order valence-corrected chi connectivity index (χ2v) is 17.8. The number of nitrogens with zero attached hydrogens (tertiary/aromatic N) is 2. The molecule has 6 rings (SSSR count). The van der Waals surface area contributed by atoms with Crippen LogP contribution in [0.3, 0.4) is 0 Å². The summed E-state index contributed by atoms with van der Waals surface area (Å²) in [4.78, 5) is 61.4. The van der Waals surface area contributed by atoms with Gasteiger partial charge in [0.2, 0.25) is 27.7 Å². The molecule has 4 aliphatic rings. The van der Waals surface area contributed by atoms with Crippen LogP contribution in [0, 0.1) is 11.3 Å². The van der Waals surface area contributed by atoms with Gasteiger partial charge in [0.05, 0.1) is 18.9 Å². The molecule has 2 aromatic rings. The maximum Gasteiger partial charge on any atom is 0.408 e. The molecule has 4 amide bonds. The lowest BCUT2D eigenvalue weighted by atomic mass is 9.85. The van der Waals surface area contributed by atoms with Crippen LogP contribution in [-0.4, -0.2) is 90.3 Å². The average Bonchev–Trinajstić information content (AvgIpc) is 3.98. The third-order valence-corrected chi connectivity index (χ3v) is 12.5. The quantitative estimate of drug-likeness (QED) is 0.271. The molecule has 1 aromatic carbocycles. The number of likely N-dealkylation sites (tertiary alicyclic amines) is 1. The van der Waals surface area contributed by atoms with Gasteiger partial charge in [-0.25, -0.2) is 18.2 Å². The van der Waals surface area contributed by atoms with Gasteiger partial charge in [-0.1, -0.05) is 26.8 Å². The highest BCUT2D eigenvalue weighted by molar-refractivity contribution is 7.91. The third-order valence-electron chi connectivity index (χ3n) is 10.7. The number of carbonyl (C=O) groups is 4. The van der Waals surface area contributed by atoms with E-state index < -0.39 is 79.7 Å². The molecule has 282 valence electrons. The molecule has 1 aliphatic heterocycles. The predicted octanol–water partition coefficient (Wildman–Crippen LogP) is 3.73. The van der Waals surface area contributed by atoms with E-state index in [0.717, 1.165) is 31.1 Å². The highest BCUT2D eigenvalue weighted by Crippen LogP contribution is 2.45. The molecule has 5 unspecified atom stereocenters. The number of hydrogen-bond acceptors (Lipinski definition) is 10. The van der Waals surface area contributed by atoms with Crippen LogP contribution in [-0.2, 0) is 29.1 Å². The fourth-order valence-corrected chi connectivity index (χ4v) is 8.68. The van der Waals surface area contributed by atoms with Crippen LogP contribution in [0.2, 0.25) is 0 Å². The van der Waals surface area contributed by atoms with Crippen molar-refractivity contribution < 1.29 is 41.8 Å². The summed E-state index contributed by atoms with van der Waals surface area (Å²) in [6.07, 6.45) is 6.09. The number of amides is 4. The lowest BCUT2D eigenvalue weighted by Gasteiger charge is -2.36. The number of nitrogens with one attached hydrogen (secondary N) is 3. The Hall–Kier alpha value is -4.40. The van der Waals surface area contributed by atoms with Crippen LogP contribution < -0.4 is 24.8 Å². The van der Waals surface area contributed by atoms with Gasteiger partial charge in [0.15, 0.2) is 0 Å². The second kappa shape index (κ2) is 13.9. The number of aromatic nitrogens is 1. The van der Waals surface area contributed by atoms with Crippen molar-refractivity contribution in [3.8, 4) is 11.6 Å². The first kappa shape index (κ1) is 37.4. The third kappa shape index (κ3) is 7.69. The Labute approximate surface area is 304 Å². The average molecular weight is 740 g/mol. The normalized spacial score (nSPS) is 25.9. The zero-order valence-corrected chi connectivity index (χ0v) is 31.2. The molecule has 5 atom stereocenters. The lowest BCUT2D eigenvalue weighted by Crippen LogP contribution is -2.60. The minimum absolute atomic E-state index is 0.0298. The molecule has 14 nitrogen and oxygen atoms in total. The van der Waals surface area contributed by atoms with Crippen molar-refractivity contribution in [2.45, 2.75) is 114 Å². The number of hydrogen-bond donors (Lipinski definition) is 3. The summed E-state index contributed by atoms with van der Waals surface area (Å²) >= 11 is 0. The number of rotatable bonds is 12. The van der Waals surface area contributed by atoms with E-state index in [1.165, 1.54) is 11.0 Å². The summed E-state index contributed by atoms with van der Waals surface area (Å²) in [5.41, 5.74) is -2.98. The molecule has 15 heteroatoms. The first-order valence-electron chi connectivity index (χ1n) is 17.9. The number of sulfonamides is 1. The van der Waals surface area contributed by atoms with Gasteiger partial charge in [-0.15, -0.1) is 6.58 Å². The van der Waals surface area contributed by atoms with Crippen LogP contribution in [0.4, 0.5) is 4.79 Å². The smallest absolute Gasteiger partial charge is 0.408 e. The van der Waals surface area contributed by atoms with Gasteiger partial charge in [-0.3, -0.25) is 19.1 Å². The SMILES string of the molecule is C=CC1CC1(NC(=O)C1CC(Oc2nccc3cc(OC)ccc23)CN1C(=O)C(NC(=O)OC1(C)CCCC1)C(C)(C)C)C(=O)NS(=O)(=O)C1CC1. The second-order valence-electron chi connectivity index (χ2n) is 15.9. The van der Waals surface area contributed by atoms with Gasteiger partial charge in [0.25, 0.3) is 5.91 Å². The molecule has 0 bridgehead atoms. The Bertz CT molecular complexity index is 1870. The topological polar surface area (TPSA) is 182 Å². The fraction of sp³-hybridized carbons (Fsp3) is 0.595. The number of pyridine rings is 1. The number of alkyl carbamates (subject to hydrolysis) is 1. The van der Waals surface area contributed by atoms with Crippen molar-refractivity contribution in [1.29, 1.82) is 0 Å². The minimum atomic E-state index is -3.89. The number of carbonyl (C=O) groups excluding carboxylic acids is 4. The molecule has 1 aromatic heterocycles. The van der Waals surface area contributed by atoms with E-state index in [-0.39, 0.29) is 19.4 Å². The van der Waals surface area contributed by atoms with Crippen LogP contribution in [0.25, 0.3) is 10.8 Å². The molecule has 3 aliphatic carbocycles. The van der Waals surface area contributed by atoms with E-state index >= 15 is 0 Å². The zero-order valence-electron chi connectivity index (χ0n) is 30.4. The Morgan fingerprint density at radius 1 is 1.12 bits per heavy atom. The number of ether oxygens (including phenoxy) is 3. The molecule has 4 fully saturated rings. The largest absolute Gasteiger partial charge is 0.497 e. The van der Waals surface area contributed by atoms with Gasteiger partial charge < -0.3 is 29.7 Å². The summed E-state index contributed by atoms with van der Waals surface area (Å²) in [6.45, 7) is 11.0. The highest BCUT2D eigenvalue weighted by atomic mass is 32.2. The monoisotopic (exact) mass is 739 g/mol. The minimum Gasteiger partial charge on any atom is -0.497 e. The summed E-state index contributed by atoms with van der Waals surface area (Å²) < 4.78 is 45.1. The van der Waals surface area contributed by atoms with Gasteiger partial charge >= 0.3 is 6.09 Å². The maximum atomic E-state index is 14.6. The van der Waals surface area contributed by atoms with Crippen molar-refractivity contribution in [1.82, 2.24) is 25.2 Å². The highest BCUT2D eigenvalue weighted by Gasteiger charge is 2.62. The molecule has 3 N–H and O–H groups in total. The van der Waals surface area contributed by atoms with E-state index in [1.807, 2.05) is 25.1 Å². The van der Waals surface area contributed by atoms with Crippen LogP contribution in [0.5, 0.6) is 11.6 Å². The van der Waals surface area contributed by atoms with E-state index in [9.17, 15) is 27.6 Å². The molecule has 52 heavy (non-hydrogen) atoms. The van der Waals surface area contributed by atoms with E-state index in [1.54, 1.807) is 40.1 Å². The predicted molar refractivity (Wildman–Crippen MR) is 192 cm³/mol. The molecule has 0 radical (unpaired) electrons. The van der Waals surface area contributed by atoms with E-state index in [4.69, 9.17) is 14.2 Å². The summed E-state index contributed by atoms with van der Waals surface area (Å²) in [5.74, 6) is -1.60. The van der Waals surface area contributed by atoms with E-state index in [0.29, 0.717) is 29.9 Å². The standard InChI is InChI=1S/C37H49N5O9S/c1-7-23-20-37(23,33(45)41-52(47,48)26-11-12-26)40-30(43)28-19-25(50-31-27-13-10-24(49-6)18-22(27)14-17-38-31)21-42(28)32(44)29(35(2,3)4)39-34(46)51-36(5)15-8-9-16-36/h7,10,13-14,17-18,23,25-26,28-29H,1,8-9,11-12,15-16,19-21H2,2-6H3,(H,39,46)(H,40,43)(H,41,45). The summed E-state index contributed by atoms with van der Waals surface area (Å²) in [6, 6.07) is 5.02. The van der Waals surface area contributed by atoms with Gasteiger partial charge in [-0.05, 0) is 86.9 Å². The fourth-order valence-electron chi connectivity index (χ4n) is 7.31. The van der Waals surface area contributed by atoms with E-state index in [2.05, 4.69) is 26.9 Å². The molecule has 2 heterocycles. The zero-order chi connectivity index (χ0) is 37.6. The summed E-state index contributed by atoms with van der Waals surface area (Å²) in [5, 5.41) is 6.46. The molecule has 1 saturated heterocycles. The Morgan fingerprint density at radius 2 is 1.83 bits per heavy atom. The number of benzene rings is 1. The molecular formula is C37H49N5O9S. The van der Waals surface area contributed by atoms with Crippen molar-refractivity contribution in [3.05, 3.63) is 43.1 Å². The van der Waals surface area contributed by atoms with Crippen molar-refractivity contribution in [2.24, 2.45) is 11.3 Å². The van der Waals surface area contributed by atoms with Gasteiger partial charge in [-0.2, -0.15) is 0 Å². The maximum absolute atomic E-state index is 14.6. The van der Waals surface area contributed by atoms with Gasteiger partial charge in [0.1, 0.15) is 35.1 Å². The summed E-state index contributed by atoms with van der Waals surface area (Å²) in [7, 11) is -2.32. The Kier molecular flexibility index (Phi) is 9.96. The Balaban J connectivity index is 1.27. The molecular weight excluding hydrogens is 691 g/mol. The van der Waals surface area contributed by atoms with Crippen LogP contribution in [0.15, 0.2) is 43.1 Å². The first-order valence-corrected chi connectivity index (χ1v) is 19.4. The number of fused-ring (bicyclic) bond motifs is 1.